The third-order valence-corrected chi connectivity index (χ3v) is 2.45. The van der Waals surface area contributed by atoms with Crippen LogP contribution in [0.5, 0.6) is 0 Å². The molecule has 1 heterocycles. The molecule has 1 atom stereocenters. The third-order valence-electron chi connectivity index (χ3n) is 2.45. The predicted octanol–water partition coefficient (Wildman–Crippen LogP) is 1.96. The number of halogens is 3. The van der Waals surface area contributed by atoms with Crippen LogP contribution in [0.1, 0.15) is 35.8 Å². The number of alkyl halides is 3. The minimum absolute atomic E-state index is 0.0335. The number of carbonyl (C=O) groups is 1. The highest BCUT2D eigenvalue weighted by molar-refractivity contribution is 5.92. The van der Waals surface area contributed by atoms with E-state index in [2.05, 4.69) is 10.3 Å². The number of carbonyl (C=O) groups excluding carboxylic acids is 1. The van der Waals surface area contributed by atoms with Gasteiger partial charge in [-0.2, -0.15) is 13.2 Å². The van der Waals surface area contributed by atoms with Gasteiger partial charge in [-0.05, 0) is 31.9 Å². The molecule has 0 spiro atoms. The lowest BCUT2D eigenvalue weighted by Gasteiger charge is -2.08. The van der Waals surface area contributed by atoms with E-state index in [0.29, 0.717) is 19.2 Å². The second kappa shape index (κ2) is 6.51. The summed E-state index contributed by atoms with van der Waals surface area (Å²) in [6.45, 7) is 2.28. The molecule has 0 aromatic carbocycles. The quantitative estimate of drug-likeness (QED) is 0.807. The van der Waals surface area contributed by atoms with E-state index >= 15 is 0 Å². The van der Waals surface area contributed by atoms with Crippen LogP contribution < -0.4 is 11.1 Å². The number of nitrogens with two attached hydrogens (primary N) is 1. The van der Waals surface area contributed by atoms with Crippen LogP contribution >= 0.6 is 0 Å². The first-order valence-electron chi connectivity index (χ1n) is 5.87. The van der Waals surface area contributed by atoms with E-state index in [0.717, 1.165) is 18.6 Å². The highest BCUT2D eigenvalue weighted by Gasteiger charge is 2.30. The minimum Gasteiger partial charge on any atom is -0.351 e. The normalized spacial score (nSPS) is 13.1. The van der Waals surface area contributed by atoms with E-state index in [1.807, 2.05) is 6.92 Å². The van der Waals surface area contributed by atoms with E-state index < -0.39 is 17.6 Å². The molecule has 19 heavy (non-hydrogen) atoms. The van der Waals surface area contributed by atoms with Gasteiger partial charge in [-0.15, -0.1) is 0 Å². The summed E-state index contributed by atoms with van der Waals surface area (Å²) < 4.78 is 36.9. The van der Waals surface area contributed by atoms with Crippen LogP contribution in [0.4, 0.5) is 13.2 Å². The van der Waals surface area contributed by atoms with Crippen LogP contribution in [0.15, 0.2) is 18.3 Å². The Morgan fingerprint density at radius 1 is 1.47 bits per heavy atom. The molecule has 7 heteroatoms. The highest BCUT2D eigenvalue weighted by Crippen LogP contribution is 2.28. The molecule has 0 aliphatic heterocycles. The van der Waals surface area contributed by atoms with Crippen molar-refractivity contribution < 1.29 is 18.0 Å². The molecule has 0 aliphatic carbocycles. The molecule has 3 N–H and O–H groups in total. The van der Waals surface area contributed by atoms with Gasteiger partial charge < -0.3 is 11.1 Å². The van der Waals surface area contributed by atoms with E-state index in [1.165, 1.54) is 0 Å². The Bertz CT molecular complexity index is 415. The van der Waals surface area contributed by atoms with Gasteiger partial charge in [0.15, 0.2) is 0 Å². The number of hydrogen-bond donors (Lipinski definition) is 2. The lowest BCUT2D eigenvalue weighted by atomic mass is 10.2. The largest absolute Gasteiger partial charge is 0.417 e. The zero-order chi connectivity index (χ0) is 14.5. The fourth-order valence-electron chi connectivity index (χ4n) is 1.41. The fourth-order valence-corrected chi connectivity index (χ4v) is 1.41. The van der Waals surface area contributed by atoms with Crippen LogP contribution in [-0.4, -0.2) is 23.5 Å². The van der Waals surface area contributed by atoms with Gasteiger partial charge in [0.1, 0.15) is 5.69 Å². The monoisotopic (exact) mass is 275 g/mol. The Labute approximate surface area is 109 Å². The lowest BCUT2D eigenvalue weighted by Crippen LogP contribution is -2.27. The number of nitrogens with zero attached hydrogens (tertiary/aromatic N) is 1. The highest BCUT2D eigenvalue weighted by atomic mass is 19.4. The number of hydrogen-bond acceptors (Lipinski definition) is 3. The van der Waals surface area contributed by atoms with E-state index in [9.17, 15) is 18.0 Å². The summed E-state index contributed by atoms with van der Waals surface area (Å²) in [6.07, 6.45) is -2.32. The van der Waals surface area contributed by atoms with Crippen molar-refractivity contribution in [1.29, 1.82) is 0 Å². The second-order valence-electron chi connectivity index (χ2n) is 4.31. The first-order valence-corrected chi connectivity index (χ1v) is 5.87. The summed E-state index contributed by atoms with van der Waals surface area (Å²) >= 11 is 0. The molecule has 0 bridgehead atoms. The first kappa shape index (κ1) is 15.4. The Balaban J connectivity index is 2.49. The first-order chi connectivity index (χ1) is 8.80. The lowest BCUT2D eigenvalue weighted by molar-refractivity contribution is -0.137. The number of nitrogens with one attached hydrogen (secondary N) is 1. The molecule has 1 aromatic heterocycles. The number of pyridine rings is 1. The maximum atomic E-state index is 12.3. The molecule has 0 saturated carbocycles. The van der Waals surface area contributed by atoms with Crippen molar-refractivity contribution in [2.24, 2.45) is 5.73 Å². The van der Waals surface area contributed by atoms with Gasteiger partial charge in [-0.1, -0.05) is 0 Å². The van der Waals surface area contributed by atoms with Crippen molar-refractivity contribution in [3.05, 3.63) is 29.6 Å². The molecule has 0 saturated heterocycles. The fraction of sp³-hybridized carbons (Fsp3) is 0.500. The van der Waals surface area contributed by atoms with Crippen molar-refractivity contribution in [2.45, 2.75) is 32.0 Å². The topological polar surface area (TPSA) is 68.0 Å². The molecular weight excluding hydrogens is 259 g/mol. The van der Waals surface area contributed by atoms with Crippen molar-refractivity contribution in [3.63, 3.8) is 0 Å². The number of aromatic nitrogens is 1. The van der Waals surface area contributed by atoms with Crippen molar-refractivity contribution in [1.82, 2.24) is 10.3 Å². The van der Waals surface area contributed by atoms with Gasteiger partial charge in [0.25, 0.3) is 5.91 Å². The average Bonchev–Trinajstić information content (AvgIpc) is 2.33. The predicted molar refractivity (Wildman–Crippen MR) is 64.5 cm³/mol. The Hall–Kier alpha value is -1.63. The summed E-state index contributed by atoms with van der Waals surface area (Å²) in [7, 11) is 0. The number of amides is 1. The van der Waals surface area contributed by atoms with Crippen LogP contribution in [0.3, 0.4) is 0 Å². The standard InChI is InChI=1S/C12H16F3N3O/c1-8(16)3-2-6-17-11(19)10-5-4-9(7-18-10)12(13,14)15/h4-5,7-8H,2-3,6,16H2,1H3,(H,17,19). The molecule has 0 fully saturated rings. The summed E-state index contributed by atoms with van der Waals surface area (Å²) in [6, 6.07) is 1.95. The van der Waals surface area contributed by atoms with Crippen LogP contribution in [-0.2, 0) is 6.18 Å². The smallest absolute Gasteiger partial charge is 0.351 e. The second-order valence-corrected chi connectivity index (χ2v) is 4.31. The van der Waals surface area contributed by atoms with Crippen molar-refractivity contribution in [3.8, 4) is 0 Å². The van der Waals surface area contributed by atoms with E-state index in [1.54, 1.807) is 0 Å². The zero-order valence-electron chi connectivity index (χ0n) is 10.5. The maximum absolute atomic E-state index is 12.3. The Morgan fingerprint density at radius 3 is 2.63 bits per heavy atom. The van der Waals surface area contributed by atoms with Crippen molar-refractivity contribution in [2.75, 3.05) is 6.54 Å². The average molecular weight is 275 g/mol. The molecule has 1 aromatic rings. The van der Waals surface area contributed by atoms with Crippen LogP contribution in [0.2, 0.25) is 0 Å². The summed E-state index contributed by atoms with van der Waals surface area (Å²) in [5, 5.41) is 2.57. The van der Waals surface area contributed by atoms with Crippen LogP contribution in [0.25, 0.3) is 0 Å². The van der Waals surface area contributed by atoms with Gasteiger partial charge in [-0.3, -0.25) is 9.78 Å². The van der Waals surface area contributed by atoms with E-state index in [-0.39, 0.29) is 11.7 Å². The molecule has 1 unspecified atom stereocenters. The summed E-state index contributed by atoms with van der Waals surface area (Å²) in [5.74, 6) is -0.488. The van der Waals surface area contributed by atoms with Crippen LogP contribution in [0, 0.1) is 0 Å². The van der Waals surface area contributed by atoms with Gasteiger partial charge in [0, 0.05) is 18.8 Å². The maximum Gasteiger partial charge on any atom is 0.417 e. The third kappa shape index (κ3) is 5.25. The van der Waals surface area contributed by atoms with Gasteiger partial charge in [0.05, 0.1) is 5.56 Å². The molecule has 0 aliphatic rings. The van der Waals surface area contributed by atoms with Gasteiger partial charge >= 0.3 is 6.18 Å². The van der Waals surface area contributed by atoms with Gasteiger partial charge in [0.2, 0.25) is 0 Å². The zero-order valence-corrected chi connectivity index (χ0v) is 10.5. The molecular formula is C12H16F3N3O. The minimum atomic E-state index is -4.45. The molecule has 4 nitrogen and oxygen atoms in total. The summed E-state index contributed by atoms with van der Waals surface area (Å²) in [4.78, 5) is 15.1. The molecule has 1 rings (SSSR count). The Morgan fingerprint density at radius 2 is 2.16 bits per heavy atom. The Kier molecular flexibility index (Phi) is 5.29. The number of rotatable bonds is 5. The summed E-state index contributed by atoms with van der Waals surface area (Å²) in [5.41, 5.74) is 4.64. The van der Waals surface area contributed by atoms with E-state index in [4.69, 9.17) is 5.73 Å². The SMILES string of the molecule is CC(N)CCCNC(=O)c1ccc(C(F)(F)F)cn1. The molecule has 0 radical (unpaired) electrons. The van der Waals surface area contributed by atoms with Gasteiger partial charge in [-0.25, -0.2) is 0 Å². The molecule has 1 amide bonds. The molecule has 106 valence electrons. The van der Waals surface area contributed by atoms with Crippen molar-refractivity contribution >= 4 is 5.91 Å².